The van der Waals surface area contributed by atoms with E-state index in [4.69, 9.17) is 0 Å². The van der Waals surface area contributed by atoms with E-state index in [9.17, 15) is 15.0 Å². The molecule has 0 heterocycles. The van der Waals surface area contributed by atoms with Gasteiger partial charge in [0.25, 0.3) is 5.91 Å². The Bertz CT molecular complexity index is 638. The summed E-state index contributed by atoms with van der Waals surface area (Å²) in [5.74, 6) is -0.774. The molecule has 0 aliphatic heterocycles. The van der Waals surface area contributed by atoms with Crippen LogP contribution < -0.4 is 10.6 Å². The van der Waals surface area contributed by atoms with Crippen molar-refractivity contribution in [3.05, 3.63) is 53.6 Å². The van der Waals surface area contributed by atoms with Crippen LogP contribution in [0.3, 0.4) is 0 Å². The topological polar surface area (TPSA) is 81.6 Å². The molecular weight excluding hydrogens is 268 g/mol. The van der Waals surface area contributed by atoms with Crippen LogP contribution in [0.4, 0.5) is 5.69 Å². The number of hydrogen-bond acceptors (Lipinski definition) is 4. The zero-order valence-electron chi connectivity index (χ0n) is 11.9. The van der Waals surface area contributed by atoms with E-state index in [1.807, 2.05) is 26.1 Å². The molecule has 2 aromatic rings. The number of aromatic hydroxyl groups is 2. The molecule has 0 fully saturated rings. The summed E-state index contributed by atoms with van der Waals surface area (Å²) in [6, 6.07) is 11.5. The van der Waals surface area contributed by atoms with Gasteiger partial charge in [-0.05, 0) is 43.8 Å². The number of benzene rings is 2. The van der Waals surface area contributed by atoms with E-state index in [-0.39, 0.29) is 23.1 Å². The molecule has 21 heavy (non-hydrogen) atoms. The van der Waals surface area contributed by atoms with Gasteiger partial charge in [0.05, 0.1) is 5.56 Å². The third kappa shape index (κ3) is 3.52. The third-order valence-electron chi connectivity index (χ3n) is 3.33. The van der Waals surface area contributed by atoms with Crippen molar-refractivity contribution in [3.63, 3.8) is 0 Å². The lowest BCUT2D eigenvalue weighted by molar-refractivity contribution is 0.102. The normalized spacial score (nSPS) is 11.9. The molecule has 4 N–H and O–H groups in total. The molecule has 2 rings (SSSR count). The fourth-order valence-electron chi connectivity index (χ4n) is 1.93. The molecule has 1 unspecified atom stereocenters. The summed E-state index contributed by atoms with van der Waals surface area (Å²) in [7, 11) is 1.88. The number of carbonyl (C=O) groups is 1. The predicted octanol–water partition coefficient (Wildman–Crippen LogP) is 2.63. The summed E-state index contributed by atoms with van der Waals surface area (Å²) in [5.41, 5.74) is 1.86. The monoisotopic (exact) mass is 286 g/mol. The standard InChI is InChI=1S/C16H18N2O3/c1-10(17-2)11-3-5-12(6-4-11)18-16(21)14-8-7-13(19)9-15(14)20/h3-10,17,19-20H,1-2H3,(H,18,21). The van der Waals surface area contributed by atoms with Gasteiger partial charge in [-0.15, -0.1) is 0 Å². The van der Waals surface area contributed by atoms with Crippen molar-refractivity contribution < 1.29 is 15.0 Å². The Balaban J connectivity index is 2.12. The summed E-state index contributed by atoms with van der Waals surface area (Å²) in [6.45, 7) is 2.04. The molecule has 0 aliphatic carbocycles. The fraction of sp³-hybridized carbons (Fsp3) is 0.188. The largest absolute Gasteiger partial charge is 0.508 e. The van der Waals surface area contributed by atoms with E-state index in [0.29, 0.717) is 5.69 Å². The Hall–Kier alpha value is -2.53. The molecular formula is C16H18N2O3. The van der Waals surface area contributed by atoms with E-state index in [0.717, 1.165) is 11.6 Å². The van der Waals surface area contributed by atoms with Crippen LogP contribution in [0.1, 0.15) is 28.9 Å². The van der Waals surface area contributed by atoms with Crippen LogP contribution in [-0.2, 0) is 0 Å². The lowest BCUT2D eigenvalue weighted by atomic mass is 10.1. The minimum Gasteiger partial charge on any atom is -0.508 e. The van der Waals surface area contributed by atoms with Crippen molar-refractivity contribution in [2.24, 2.45) is 0 Å². The Morgan fingerprint density at radius 3 is 2.33 bits per heavy atom. The number of hydrogen-bond donors (Lipinski definition) is 4. The molecule has 0 radical (unpaired) electrons. The molecule has 110 valence electrons. The van der Waals surface area contributed by atoms with Crippen molar-refractivity contribution >= 4 is 11.6 Å². The van der Waals surface area contributed by atoms with Gasteiger partial charge in [0.2, 0.25) is 0 Å². The first-order chi connectivity index (χ1) is 10.0. The molecule has 0 saturated heterocycles. The minimum absolute atomic E-state index is 0.0885. The molecule has 0 aliphatic rings. The van der Waals surface area contributed by atoms with E-state index >= 15 is 0 Å². The highest BCUT2D eigenvalue weighted by atomic mass is 16.3. The van der Waals surface area contributed by atoms with Gasteiger partial charge in [0, 0.05) is 17.8 Å². The first kappa shape index (κ1) is 14.9. The maximum atomic E-state index is 12.1. The third-order valence-corrected chi connectivity index (χ3v) is 3.33. The summed E-state index contributed by atoms with van der Waals surface area (Å²) >= 11 is 0. The molecule has 0 bridgehead atoms. The second-order valence-electron chi connectivity index (χ2n) is 4.79. The van der Waals surface area contributed by atoms with E-state index in [1.54, 1.807) is 12.1 Å². The summed E-state index contributed by atoms with van der Waals surface area (Å²) in [5, 5.41) is 24.7. The van der Waals surface area contributed by atoms with Gasteiger partial charge in [-0.3, -0.25) is 4.79 Å². The van der Waals surface area contributed by atoms with Gasteiger partial charge in [0.15, 0.2) is 0 Å². The minimum atomic E-state index is -0.429. The SMILES string of the molecule is CNC(C)c1ccc(NC(=O)c2ccc(O)cc2O)cc1. The van der Waals surface area contributed by atoms with E-state index in [2.05, 4.69) is 10.6 Å². The predicted molar refractivity (Wildman–Crippen MR) is 81.6 cm³/mol. The van der Waals surface area contributed by atoms with Crippen LogP contribution >= 0.6 is 0 Å². The summed E-state index contributed by atoms with van der Waals surface area (Å²) in [4.78, 5) is 12.1. The zero-order valence-corrected chi connectivity index (χ0v) is 11.9. The Kier molecular flexibility index (Phi) is 4.45. The number of anilines is 1. The maximum Gasteiger partial charge on any atom is 0.259 e. The lowest BCUT2D eigenvalue weighted by Gasteiger charge is -2.12. The van der Waals surface area contributed by atoms with Crippen LogP contribution in [0.2, 0.25) is 0 Å². The Labute approximate surface area is 123 Å². The molecule has 5 nitrogen and oxygen atoms in total. The average molecular weight is 286 g/mol. The number of carbonyl (C=O) groups excluding carboxylic acids is 1. The van der Waals surface area contributed by atoms with Gasteiger partial charge < -0.3 is 20.8 Å². The highest BCUT2D eigenvalue weighted by molar-refractivity contribution is 6.06. The van der Waals surface area contributed by atoms with Crippen LogP contribution in [0.25, 0.3) is 0 Å². The molecule has 0 aromatic heterocycles. The maximum absolute atomic E-state index is 12.1. The van der Waals surface area contributed by atoms with Crippen molar-refractivity contribution in [2.75, 3.05) is 12.4 Å². The Morgan fingerprint density at radius 2 is 1.76 bits per heavy atom. The van der Waals surface area contributed by atoms with E-state index in [1.165, 1.54) is 12.1 Å². The van der Waals surface area contributed by atoms with Crippen molar-refractivity contribution in [1.82, 2.24) is 5.32 Å². The molecule has 2 aromatic carbocycles. The van der Waals surface area contributed by atoms with Crippen molar-refractivity contribution in [1.29, 1.82) is 0 Å². The quantitative estimate of drug-likeness (QED) is 0.696. The van der Waals surface area contributed by atoms with E-state index < -0.39 is 5.91 Å². The van der Waals surface area contributed by atoms with Gasteiger partial charge >= 0.3 is 0 Å². The summed E-state index contributed by atoms with van der Waals surface area (Å²) in [6.07, 6.45) is 0. The number of nitrogens with one attached hydrogen (secondary N) is 2. The number of phenolic OH excluding ortho intramolecular Hbond substituents is 2. The smallest absolute Gasteiger partial charge is 0.259 e. The molecule has 0 spiro atoms. The van der Waals surface area contributed by atoms with Crippen molar-refractivity contribution in [2.45, 2.75) is 13.0 Å². The lowest BCUT2D eigenvalue weighted by Crippen LogP contribution is -2.13. The van der Waals surface area contributed by atoms with Gasteiger partial charge in [-0.1, -0.05) is 12.1 Å². The van der Waals surface area contributed by atoms with Gasteiger partial charge in [-0.2, -0.15) is 0 Å². The first-order valence-corrected chi connectivity index (χ1v) is 6.62. The highest BCUT2D eigenvalue weighted by Crippen LogP contribution is 2.24. The van der Waals surface area contributed by atoms with Crippen LogP contribution in [-0.4, -0.2) is 23.2 Å². The molecule has 0 saturated carbocycles. The highest BCUT2D eigenvalue weighted by Gasteiger charge is 2.12. The number of phenols is 2. The second kappa shape index (κ2) is 6.28. The number of rotatable bonds is 4. The molecule has 1 amide bonds. The molecule has 5 heteroatoms. The Morgan fingerprint density at radius 1 is 1.10 bits per heavy atom. The first-order valence-electron chi connectivity index (χ1n) is 6.62. The second-order valence-corrected chi connectivity index (χ2v) is 4.79. The fourth-order valence-corrected chi connectivity index (χ4v) is 1.93. The number of amides is 1. The zero-order chi connectivity index (χ0) is 15.4. The van der Waals surface area contributed by atoms with Crippen LogP contribution in [0.15, 0.2) is 42.5 Å². The van der Waals surface area contributed by atoms with Crippen LogP contribution in [0.5, 0.6) is 11.5 Å². The molecule has 1 atom stereocenters. The van der Waals surface area contributed by atoms with Crippen LogP contribution in [0, 0.1) is 0 Å². The average Bonchev–Trinajstić information content (AvgIpc) is 2.47. The summed E-state index contributed by atoms with van der Waals surface area (Å²) < 4.78 is 0. The van der Waals surface area contributed by atoms with Gasteiger partial charge in [0.1, 0.15) is 11.5 Å². The van der Waals surface area contributed by atoms with Gasteiger partial charge in [-0.25, -0.2) is 0 Å². The van der Waals surface area contributed by atoms with Crippen molar-refractivity contribution in [3.8, 4) is 11.5 Å².